The number of anilines is 1. The fourth-order valence-electron chi connectivity index (χ4n) is 2.24. The van der Waals surface area contributed by atoms with E-state index in [-0.39, 0.29) is 6.04 Å². The fraction of sp³-hybridized carbons (Fsp3) is 0.222. The highest BCUT2D eigenvalue weighted by molar-refractivity contribution is 6.36. The molecule has 0 heterocycles. The number of hydrogen-bond donors (Lipinski definition) is 3. The predicted octanol–water partition coefficient (Wildman–Crippen LogP) is 3.83. The monoisotopic (exact) mass is 365 g/mol. The lowest BCUT2D eigenvalue weighted by Crippen LogP contribution is -2.28. The summed E-state index contributed by atoms with van der Waals surface area (Å²) in [6.07, 6.45) is 2.55. The van der Waals surface area contributed by atoms with Gasteiger partial charge in [0.05, 0.1) is 17.8 Å². The lowest BCUT2D eigenvalue weighted by atomic mass is 10.1. The molecule has 0 radical (unpaired) electrons. The van der Waals surface area contributed by atoms with Gasteiger partial charge in [0.2, 0.25) is 0 Å². The Kier molecular flexibility index (Phi) is 6.94. The van der Waals surface area contributed by atoms with E-state index in [2.05, 4.69) is 5.32 Å². The van der Waals surface area contributed by atoms with Crippen molar-refractivity contribution in [2.24, 2.45) is 11.5 Å². The Balaban J connectivity index is 2.25. The van der Waals surface area contributed by atoms with Crippen molar-refractivity contribution < 1.29 is 4.74 Å². The zero-order chi connectivity index (χ0) is 17.5. The Hall–Kier alpha value is -1.72. The summed E-state index contributed by atoms with van der Waals surface area (Å²) in [5, 5.41) is 4.45. The molecule has 24 heavy (non-hydrogen) atoms. The second kappa shape index (κ2) is 8.94. The quantitative estimate of drug-likeness (QED) is 0.696. The molecule has 0 amide bonds. The predicted molar refractivity (Wildman–Crippen MR) is 102 cm³/mol. The summed E-state index contributed by atoms with van der Waals surface area (Å²) in [6, 6.07) is 12.9. The first-order valence-corrected chi connectivity index (χ1v) is 8.28. The number of ether oxygens (including phenoxy) is 1. The fourth-order valence-corrected chi connectivity index (χ4v) is 2.69. The van der Waals surface area contributed by atoms with E-state index in [0.29, 0.717) is 23.0 Å². The summed E-state index contributed by atoms with van der Waals surface area (Å²) >= 11 is 12.2. The molecule has 2 rings (SSSR count). The van der Waals surface area contributed by atoms with Gasteiger partial charge in [-0.1, -0.05) is 35.3 Å². The highest BCUT2D eigenvalue weighted by Crippen LogP contribution is 2.27. The molecular weight excluding hydrogens is 345 g/mol. The van der Waals surface area contributed by atoms with Gasteiger partial charge in [0, 0.05) is 29.7 Å². The summed E-state index contributed by atoms with van der Waals surface area (Å²) in [6.45, 7) is 0.359. The van der Waals surface area contributed by atoms with E-state index in [1.54, 1.807) is 19.2 Å². The molecule has 2 aromatic carbocycles. The normalized spacial score (nSPS) is 12.8. The van der Waals surface area contributed by atoms with E-state index in [9.17, 15) is 0 Å². The Morgan fingerprint density at radius 3 is 2.71 bits per heavy atom. The van der Waals surface area contributed by atoms with Crippen molar-refractivity contribution in [3.8, 4) is 5.75 Å². The molecule has 2 aromatic rings. The Morgan fingerprint density at radius 1 is 1.25 bits per heavy atom. The minimum Gasteiger partial charge on any atom is -0.497 e. The van der Waals surface area contributed by atoms with Crippen LogP contribution in [0.2, 0.25) is 10.0 Å². The SMILES string of the molecule is COc1cccc(C/C(=C/C(N)CN)Nc2ccc(Cl)cc2Cl)c1. The van der Waals surface area contributed by atoms with Gasteiger partial charge in [-0.2, -0.15) is 0 Å². The molecule has 0 aromatic heterocycles. The summed E-state index contributed by atoms with van der Waals surface area (Å²) in [5.41, 5.74) is 14.4. The van der Waals surface area contributed by atoms with Gasteiger partial charge < -0.3 is 21.5 Å². The number of allylic oxidation sites excluding steroid dienone is 1. The summed E-state index contributed by atoms with van der Waals surface area (Å²) in [5.74, 6) is 0.805. The summed E-state index contributed by atoms with van der Waals surface area (Å²) in [4.78, 5) is 0. The molecule has 1 unspecified atom stereocenters. The maximum atomic E-state index is 6.24. The maximum absolute atomic E-state index is 6.24. The van der Waals surface area contributed by atoms with Crippen LogP contribution in [0.3, 0.4) is 0 Å². The van der Waals surface area contributed by atoms with E-state index in [1.807, 2.05) is 36.4 Å². The number of hydrogen-bond acceptors (Lipinski definition) is 4. The average molecular weight is 366 g/mol. The first-order chi connectivity index (χ1) is 11.5. The lowest BCUT2D eigenvalue weighted by Gasteiger charge is -2.15. The van der Waals surface area contributed by atoms with Crippen molar-refractivity contribution in [2.75, 3.05) is 19.0 Å². The van der Waals surface area contributed by atoms with Crippen molar-refractivity contribution in [3.05, 3.63) is 69.8 Å². The van der Waals surface area contributed by atoms with Crippen LogP contribution in [0.5, 0.6) is 5.75 Å². The molecule has 5 N–H and O–H groups in total. The van der Waals surface area contributed by atoms with Crippen LogP contribution < -0.4 is 21.5 Å². The molecule has 6 heteroatoms. The maximum Gasteiger partial charge on any atom is 0.119 e. The number of benzene rings is 2. The molecule has 0 aliphatic heterocycles. The van der Waals surface area contributed by atoms with Crippen molar-refractivity contribution in [3.63, 3.8) is 0 Å². The molecule has 0 saturated heterocycles. The molecule has 0 saturated carbocycles. The standard InChI is InChI=1S/C18H21Cl2N3O/c1-24-16-4-2-3-12(8-16)7-15(10-14(22)11-21)23-18-6-5-13(19)9-17(18)20/h2-6,8-10,14,23H,7,11,21-22H2,1H3/b15-10-. The van der Waals surface area contributed by atoms with Gasteiger partial charge in [-0.15, -0.1) is 0 Å². The molecule has 4 nitrogen and oxygen atoms in total. The van der Waals surface area contributed by atoms with Crippen LogP contribution in [0, 0.1) is 0 Å². The third-order valence-electron chi connectivity index (χ3n) is 3.44. The van der Waals surface area contributed by atoms with E-state index in [1.165, 1.54) is 0 Å². The van der Waals surface area contributed by atoms with Gasteiger partial charge in [-0.05, 0) is 42.0 Å². The van der Waals surface area contributed by atoms with Gasteiger partial charge in [0.25, 0.3) is 0 Å². The van der Waals surface area contributed by atoms with Crippen molar-refractivity contribution >= 4 is 28.9 Å². The van der Waals surface area contributed by atoms with Crippen LogP contribution >= 0.6 is 23.2 Å². The first-order valence-electron chi connectivity index (χ1n) is 7.53. The second-order valence-corrected chi connectivity index (χ2v) is 6.21. The van der Waals surface area contributed by atoms with Gasteiger partial charge in [-0.25, -0.2) is 0 Å². The van der Waals surface area contributed by atoms with E-state index < -0.39 is 0 Å². The molecule has 0 bridgehead atoms. The summed E-state index contributed by atoms with van der Waals surface area (Å²) in [7, 11) is 1.64. The third kappa shape index (κ3) is 5.42. The van der Waals surface area contributed by atoms with Gasteiger partial charge in [0.15, 0.2) is 0 Å². The molecular formula is C18H21Cl2N3O. The molecule has 0 spiro atoms. The van der Waals surface area contributed by atoms with Crippen molar-refractivity contribution in [1.82, 2.24) is 0 Å². The Labute approximate surface area is 152 Å². The topological polar surface area (TPSA) is 73.3 Å². The molecule has 0 aliphatic carbocycles. The van der Waals surface area contributed by atoms with Crippen molar-refractivity contribution in [2.45, 2.75) is 12.5 Å². The van der Waals surface area contributed by atoms with Crippen LogP contribution in [0.15, 0.2) is 54.2 Å². The summed E-state index contributed by atoms with van der Waals surface area (Å²) < 4.78 is 5.27. The van der Waals surface area contributed by atoms with Crippen LogP contribution in [0.25, 0.3) is 0 Å². The van der Waals surface area contributed by atoms with Crippen LogP contribution in [-0.2, 0) is 6.42 Å². The molecule has 0 aliphatic rings. The zero-order valence-electron chi connectivity index (χ0n) is 13.4. The van der Waals surface area contributed by atoms with E-state index in [4.69, 9.17) is 39.4 Å². The number of halogens is 2. The zero-order valence-corrected chi connectivity index (χ0v) is 14.9. The molecule has 0 fully saturated rings. The Bertz CT molecular complexity index is 719. The second-order valence-electron chi connectivity index (χ2n) is 5.37. The van der Waals surface area contributed by atoms with Gasteiger partial charge >= 0.3 is 0 Å². The molecule has 128 valence electrons. The smallest absolute Gasteiger partial charge is 0.119 e. The van der Waals surface area contributed by atoms with Crippen molar-refractivity contribution in [1.29, 1.82) is 0 Å². The number of rotatable bonds is 7. The highest BCUT2D eigenvalue weighted by Gasteiger charge is 2.08. The Morgan fingerprint density at radius 2 is 2.04 bits per heavy atom. The number of nitrogens with one attached hydrogen (secondary N) is 1. The third-order valence-corrected chi connectivity index (χ3v) is 3.99. The number of nitrogens with two attached hydrogens (primary N) is 2. The van der Waals surface area contributed by atoms with Crippen LogP contribution in [0.1, 0.15) is 5.56 Å². The van der Waals surface area contributed by atoms with Crippen LogP contribution in [0.4, 0.5) is 5.69 Å². The molecule has 1 atom stereocenters. The minimum atomic E-state index is -0.246. The van der Waals surface area contributed by atoms with E-state index in [0.717, 1.165) is 22.7 Å². The lowest BCUT2D eigenvalue weighted by molar-refractivity contribution is 0.414. The van der Waals surface area contributed by atoms with Gasteiger partial charge in [-0.3, -0.25) is 0 Å². The highest BCUT2D eigenvalue weighted by atomic mass is 35.5. The minimum absolute atomic E-state index is 0.246. The van der Waals surface area contributed by atoms with Crippen LogP contribution in [-0.4, -0.2) is 19.7 Å². The largest absolute Gasteiger partial charge is 0.497 e. The van der Waals surface area contributed by atoms with E-state index >= 15 is 0 Å². The first kappa shape index (κ1) is 18.6. The average Bonchev–Trinajstić information content (AvgIpc) is 2.57. The van der Waals surface area contributed by atoms with Gasteiger partial charge in [0.1, 0.15) is 5.75 Å². The number of methoxy groups -OCH3 is 1.